The van der Waals surface area contributed by atoms with Gasteiger partial charge in [-0.2, -0.15) is 5.10 Å². The average Bonchev–Trinajstić information content (AvgIpc) is 2.69. The molecule has 0 aromatic carbocycles. The zero-order chi connectivity index (χ0) is 11.0. The van der Waals surface area contributed by atoms with E-state index in [-0.39, 0.29) is 6.23 Å². The molecule has 2 aromatic rings. The van der Waals surface area contributed by atoms with Crippen LogP contribution >= 0.6 is 11.6 Å². The first-order chi connectivity index (χ1) is 7.86. The van der Waals surface area contributed by atoms with Gasteiger partial charge in [0.2, 0.25) is 0 Å². The Morgan fingerprint density at radius 3 is 3.19 bits per heavy atom. The molecule has 1 saturated heterocycles. The molecule has 0 radical (unpaired) electrons. The predicted molar refractivity (Wildman–Crippen MR) is 61.4 cm³/mol. The van der Waals surface area contributed by atoms with Crippen molar-refractivity contribution in [1.29, 1.82) is 0 Å². The van der Waals surface area contributed by atoms with Gasteiger partial charge >= 0.3 is 0 Å². The number of rotatable bonds is 1. The molecule has 1 atom stereocenters. The van der Waals surface area contributed by atoms with Crippen LogP contribution in [0, 0.1) is 0 Å². The first kappa shape index (κ1) is 10.1. The summed E-state index contributed by atoms with van der Waals surface area (Å²) >= 11 is 6.07. The van der Waals surface area contributed by atoms with Crippen LogP contribution in [-0.4, -0.2) is 21.4 Å². The summed E-state index contributed by atoms with van der Waals surface area (Å²) in [7, 11) is 0. The largest absolute Gasteiger partial charge is 0.356 e. The Hall–Kier alpha value is -1.13. The van der Waals surface area contributed by atoms with Gasteiger partial charge < -0.3 is 4.74 Å². The van der Waals surface area contributed by atoms with Crippen molar-refractivity contribution in [2.75, 3.05) is 6.61 Å². The third kappa shape index (κ3) is 1.58. The molecule has 0 saturated carbocycles. The summed E-state index contributed by atoms with van der Waals surface area (Å²) in [6.07, 6.45) is 5.00. The number of aromatic nitrogens is 3. The van der Waals surface area contributed by atoms with E-state index >= 15 is 0 Å². The van der Waals surface area contributed by atoms with E-state index in [1.807, 2.05) is 12.1 Å². The minimum atomic E-state index is -0.0151. The topological polar surface area (TPSA) is 39.9 Å². The van der Waals surface area contributed by atoms with E-state index in [2.05, 4.69) is 10.1 Å². The predicted octanol–water partition coefficient (Wildman–Crippen LogP) is 2.78. The summed E-state index contributed by atoms with van der Waals surface area (Å²) in [5.41, 5.74) is 0.805. The lowest BCUT2D eigenvalue weighted by Crippen LogP contribution is -2.19. The van der Waals surface area contributed by atoms with Crippen molar-refractivity contribution in [1.82, 2.24) is 14.8 Å². The lowest BCUT2D eigenvalue weighted by atomic mass is 10.2. The van der Waals surface area contributed by atoms with Crippen LogP contribution < -0.4 is 0 Å². The molecule has 0 bridgehead atoms. The maximum Gasteiger partial charge on any atom is 0.162 e. The highest BCUT2D eigenvalue weighted by Gasteiger charge is 2.20. The summed E-state index contributed by atoms with van der Waals surface area (Å²) in [6.45, 7) is 0.788. The summed E-state index contributed by atoms with van der Waals surface area (Å²) in [4.78, 5) is 4.31. The van der Waals surface area contributed by atoms with Gasteiger partial charge in [-0.25, -0.2) is 9.67 Å². The molecule has 84 valence electrons. The summed E-state index contributed by atoms with van der Waals surface area (Å²) in [6, 6.07) is 3.79. The zero-order valence-electron chi connectivity index (χ0n) is 8.77. The smallest absolute Gasteiger partial charge is 0.162 e. The molecule has 4 nitrogen and oxygen atoms in total. The summed E-state index contributed by atoms with van der Waals surface area (Å²) in [5.74, 6) is 0. The van der Waals surface area contributed by atoms with Crippen LogP contribution in [-0.2, 0) is 4.74 Å². The van der Waals surface area contributed by atoms with E-state index in [4.69, 9.17) is 16.3 Å². The molecule has 1 aliphatic heterocycles. The maximum absolute atomic E-state index is 6.07. The maximum atomic E-state index is 6.07. The van der Waals surface area contributed by atoms with Crippen LogP contribution in [0.15, 0.2) is 18.3 Å². The van der Waals surface area contributed by atoms with E-state index in [1.54, 1.807) is 10.9 Å². The third-order valence-corrected chi connectivity index (χ3v) is 3.13. The van der Waals surface area contributed by atoms with Gasteiger partial charge in [-0.15, -0.1) is 0 Å². The Labute approximate surface area is 98.2 Å². The highest BCUT2D eigenvalue weighted by molar-refractivity contribution is 6.34. The van der Waals surface area contributed by atoms with Crippen LogP contribution in [0.3, 0.4) is 0 Å². The highest BCUT2D eigenvalue weighted by atomic mass is 35.5. The van der Waals surface area contributed by atoms with Gasteiger partial charge in [0.15, 0.2) is 17.0 Å². The SMILES string of the molecule is Clc1nn([C@@H]2CCCCO2)c2ncccc12. The molecule has 3 heterocycles. The van der Waals surface area contributed by atoms with Crippen molar-refractivity contribution in [3.63, 3.8) is 0 Å². The molecule has 16 heavy (non-hydrogen) atoms. The first-order valence-corrected chi connectivity index (χ1v) is 5.84. The quantitative estimate of drug-likeness (QED) is 0.766. The molecule has 0 aliphatic carbocycles. The average molecular weight is 238 g/mol. The molecule has 0 spiro atoms. The van der Waals surface area contributed by atoms with Gasteiger partial charge in [0.05, 0.1) is 5.39 Å². The monoisotopic (exact) mass is 237 g/mol. The molecule has 0 amide bonds. The van der Waals surface area contributed by atoms with Gasteiger partial charge in [-0.3, -0.25) is 0 Å². The van der Waals surface area contributed by atoms with E-state index in [9.17, 15) is 0 Å². The first-order valence-electron chi connectivity index (χ1n) is 5.46. The minimum absolute atomic E-state index is 0.0151. The second kappa shape index (κ2) is 4.03. The van der Waals surface area contributed by atoms with Gasteiger partial charge in [-0.05, 0) is 31.4 Å². The second-order valence-corrected chi connectivity index (χ2v) is 4.29. The van der Waals surface area contributed by atoms with Crippen LogP contribution in [0.25, 0.3) is 11.0 Å². The number of nitrogens with zero attached hydrogens (tertiary/aromatic N) is 3. The molecule has 2 aromatic heterocycles. The van der Waals surface area contributed by atoms with Crippen LogP contribution in [0.5, 0.6) is 0 Å². The van der Waals surface area contributed by atoms with Crippen molar-refractivity contribution >= 4 is 22.6 Å². The van der Waals surface area contributed by atoms with Crippen molar-refractivity contribution in [2.24, 2.45) is 0 Å². The number of ether oxygens (including phenoxy) is 1. The van der Waals surface area contributed by atoms with Crippen molar-refractivity contribution in [3.05, 3.63) is 23.5 Å². The molecular formula is C11H12ClN3O. The number of pyridine rings is 1. The van der Waals surface area contributed by atoms with Gasteiger partial charge in [0, 0.05) is 12.8 Å². The molecule has 1 fully saturated rings. The van der Waals surface area contributed by atoms with E-state index in [0.29, 0.717) is 5.15 Å². The van der Waals surface area contributed by atoms with Gasteiger partial charge in [0.1, 0.15) is 0 Å². The van der Waals surface area contributed by atoms with Crippen molar-refractivity contribution in [2.45, 2.75) is 25.5 Å². The highest BCUT2D eigenvalue weighted by Crippen LogP contribution is 2.28. The normalized spacial score (nSPS) is 21.4. The fourth-order valence-electron chi connectivity index (χ4n) is 2.05. The molecule has 0 unspecified atom stereocenters. The summed E-state index contributed by atoms with van der Waals surface area (Å²) in [5, 5.41) is 5.69. The van der Waals surface area contributed by atoms with Gasteiger partial charge in [0.25, 0.3) is 0 Å². The lowest BCUT2D eigenvalue weighted by molar-refractivity contribution is -0.0369. The Kier molecular flexibility index (Phi) is 2.53. The van der Waals surface area contributed by atoms with Crippen LogP contribution in [0.1, 0.15) is 25.5 Å². The fourth-order valence-corrected chi connectivity index (χ4v) is 2.28. The number of hydrogen-bond donors (Lipinski definition) is 0. The molecule has 5 heteroatoms. The second-order valence-electron chi connectivity index (χ2n) is 3.93. The summed E-state index contributed by atoms with van der Waals surface area (Å²) < 4.78 is 7.49. The van der Waals surface area contributed by atoms with Crippen molar-refractivity contribution in [3.8, 4) is 0 Å². The standard InChI is InChI=1S/C11H12ClN3O/c12-10-8-4-3-6-13-11(8)15(14-10)9-5-1-2-7-16-9/h3-4,6,9H,1-2,5,7H2/t9-/m0/s1. The van der Waals surface area contributed by atoms with Crippen LogP contribution in [0.2, 0.25) is 5.15 Å². The molecule has 0 N–H and O–H groups in total. The Morgan fingerprint density at radius 2 is 2.38 bits per heavy atom. The van der Waals surface area contributed by atoms with Gasteiger partial charge in [-0.1, -0.05) is 11.6 Å². The molecule has 3 rings (SSSR count). The van der Waals surface area contributed by atoms with Crippen LogP contribution in [0.4, 0.5) is 0 Å². The number of hydrogen-bond acceptors (Lipinski definition) is 3. The van der Waals surface area contributed by atoms with E-state index in [1.165, 1.54) is 0 Å². The zero-order valence-corrected chi connectivity index (χ0v) is 9.52. The number of fused-ring (bicyclic) bond motifs is 1. The molecular weight excluding hydrogens is 226 g/mol. The number of halogens is 1. The van der Waals surface area contributed by atoms with E-state index in [0.717, 1.165) is 36.9 Å². The van der Waals surface area contributed by atoms with E-state index < -0.39 is 0 Å². The Balaban J connectivity index is 2.08. The Morgan fingerprint density at radius 1 is 1.44 bits per heavy atom. The molecule has 1 aliphatic rings. The minimum Gasteiger partial charge on any atom is -0.356 e. The fraction of sp³-hybridized carbons (Fsp3) is 0.455. The Bertz CT molecular complexity index is 505. The third-order valence-electron chi connectivity index (χ3n) is 2.85. The van der Waals surface area contributed by atoms with Crippen molar-refractivity contribution < 1.29 is 4.74 Å². The lowest BCUT2D eigenvalue weighted by Gasteiger charge is -2.22.